The molecule has 5 rings (SSSR count). The first-order chi connectivity index (χ1) is 20.5. The number of thioether (sulfide) groups is 1. The molecule has 0 saturated carbocycles. The lowest BCUT2D eigenvalue weighted by atomic mass is 10.1. The number of anilines is 2. The first-order valence-corrected chi connectivity index (χ1v) is 15.0. The zero-order chi connectivity index (χ0) is 31.0. The van der Waals surface area contributed by atoms with Crippen LogP contribution in [0.25, 0.3) is 28.0 Å². The topological polar surface area (TPSA) is 123 Å². The van der Waals surface area contributed by atoms with Gasteiger partial charge in [-0.05, 0) is 49.8 Å². The second-order valence-corrected chi connectivity index (χ2v) is 11.6. The number of nitrogen functional groups attached to an aromatic ring is 1. The standard InChI is InChI=1S/C30H32F2N8O2S/c1-6-23(41)38-11-12-39(17(4)15-38)28-18-14-20(32)25(24-19(31)7-9-35-27(24)33)36-29(18)40(30(42)37-28)26-21(13-16(2)3)34-10-8-22(26)43-5/h6-10,14,16-17H,1,11-13,15H2,2-5H3,(H2,33,35)/t17-/m0/s1. The van der Waals surface area contributed by atoms with E-state index in [9.17, 15) is 9.59 Å². The maximum Gasteiger partial charge on any atom is 0.355 e. The molecule has 0 unspecified atom stereocenters. The Kier molecular flexibility index (Phi) is 8.45. The molecule has 1 aliphatic heterocycles. The van der Waals surface area contributed by atoms with Gasteiger partial charge in [-0.2, -0.15) is 4.98 Å². The number of amides is 1. The molecule has 0 radical (unpaired) electrons. The van der Waals surface area contributed by atoms with E-state index in [4.69, 9.17) is 5.73 Å². The number of pyridine rings is 3. The van der Waals surface area contributed by atoms with Gasteiger partial charge in [0.05, 0.1) is 22.3 Å². The molecule has 43 heavy (non-hydrogen) atoms. The van der Waals surface area contributed by atoms with E-state index in [0.29, 0.717) is 37.4 Å². The third kappa shape index (κ3) is 5.56. The highest BCUT2D eigenvalue weighted by atomic mass is 32.2. The second kappa shape index (κ2) is 12.1. The minimum atomic E-state index is -0.855. The minimum absolute atomic E-state index is 0.0687. The van der Waals surface area contributed by atoms with Crippen LogP contribution >= 0.6 is 11.8 Å². The van der Waals surface area contributed by atoms with E-state index >= 15 is 8.78 Å². The minimum Gasteiger partial charge on any atom is -0.383 e. The zero-order valence-electron chi connectivity index (χ0n) is 24.3. The molecule has 1 aliphatic rings. The van der Waals surface area contributed by atoms with Gasteiger partial charge in [0.15, 0.2) is 11.5 Å². The van der Waals surface area contributed by atoms with Gasteiger partial charge in [-0.15, -0.1) is 11.8 Å². The van der Waals surface area contributed by atoms with Crippen molar-refractivity contribution in [2.24, 2.45) is 5.92 Å². The number of fused-ring (bicyclic) bond motifs is 1. The Balaban J connectivity index is 1.84. The first-order valence-electron chi connectivity index (χ1n) is 13.8. The fourth-order valence-electron chi connectivity index (χ4n) is 5.41. The van der Waals surface area contributed by atoms with Gasteiger partial charge in [0.1, 0.15) is 23.1 Å². The SMILES string of the molecule is C=CC(=O)N1CCN(c2nc(=O)n(-c3c(SC)ccnc3CC(C)C)c3nc(-c4c(F)ccnc4N)c(F)cc23)[C@@H](C)C1. The highest BCUT2D eigenvalue weighted by molar-refractivity contribution is 7.98. The molecule has 1 amide bonds. The van der Waals surface area contributed by atoms with Crippen LogP contribution in [0.2, 0.25) is 0 Å². The van der Waals surface area contributed by atoms with Gasteiger partial charge in [0.2, 0.25) is 5.91 Å². The number of hydrogen-bond donors (Lipinski definition) is 1. The highest BCUT2D eigenvalue weighted by Crippen LogP contribution is 2.35. The largest absolute Gasteiger partial charge is 0.383 e. The third-order valence-electron chi connectivity index (χ3n) is 7.36. The summed E-state index contributed by atoms with van der Waals surface area (Å²) in [4.78, 5) is 48.2. The number of aromatic nitrogens is 5. The number of carbonyl (C=O) groups excluding carboxylic acids is 1. The van der Waals surface area contributed by atoms with Gasteiger partial charge >= 0.3 is 5.69 Å². The molecule has 4 aromatic rings. The molecule has 4 aromatic heterocycles. The fraction of sp³-hybridized carbons (Fsp3) is 0.333. The van der Waals surface area contributed by atoms with Crippen molar-refractivity contribution in [2.45, 2.75) is 38.1 Å². The average molecular weight is 607 g/mol. The van der Waals surface area contributed by atoms with Crippen LogP contribution in [0.4, 0.5) is 20.4 Å². The summed E-state index contributed by atoms with van der Waals surface area (Å²) in [7, 11) is 0. The van der Waals surface area contributed by atoms with Crippen molar-refractivity contribution in [3.8, 4) is 16.9 Å². The summed E-state index contributed by atoms with van der Waals surface area (Å²) in [6, 6.07) is 3.79. The van der Waals surface area contributed by atoms with Crippen LogP contribution in [0.1, 0.15) is 26.5 Å². The Labute approximate surface area is 251 Å². The lowest BCUT2D eigenvalue weighted by Gasteiger charge is -2.40. The van der Waals surface area contributed by atoms with Crippen LogP contribution in [0.15, 0.2) is 52.9 Å². The van der Waals surface area contributed by atoms with Crippen molar-refractivity contribution in [1.82, 2.24) is 29.4 Å². The summed E-state index contributed by atoms with van der Waals surface area (Å²) in [5, 5.41) is 0.241. The van der Waals surface area contributed by atoms with Crippen LogP contribution in [0.5, 0.6) is 0 Å². The molecule has 224 valence electrons. The van der Waals surface area contributed by atoms with E-state index in [0.717, 1.165) is 11.0 Å². The molecule has 0 spiro atoms. The van der Waals surface area contributed by atoms with Gasteiger partial charge < -0.3 is 15.5 Å². The van der Waals surface area contributed by atoms with Crippen molar-refractivity contribution in [3.05, 3.63) is 71.1 Å². The quantitative estimate of drug-likeness (QED) is 0.243. The number of halogens is 2. The van der Waals surface area contributed by atoms with Gasteiger partial charge in [-0.1, -0.05) is 20.4 Å². The number of nitrogens with zero attached hydrogens (tertiary/aromatic N) is 7. The second-order valence-electron chi connectivity index (χ2n) is 10.7. The monoisotopic (exact) mass is 606 g/mol. The Morgan fingerprint density at radius 1 is 1.19 bits per heavy atom. The summed E-state index contributed by atoms with van der Waals surface area (Å²) in [5.41, 5.74) is 5.84. The zero-order valence-corrected chi connectivity index (χ0v) is 25.2. The summed E-state index contributed by atoms with van der Waals surface area (Å²) >= 11 is 1.42. The van der Waals surface area contributed by atoms with Gasteiger partial charge in [-0.3, -0.25) is 9.78 Å². The van der Waals surface area contributed by atoms with Crippen molar-refractivity contribution in [1.29, 1.82) is 0 Å². The molecule has 10 nitrogen and oxygen atoms in total. The smallest absolute Gasteiger partial charge is 0.355 e. The molecule has 1 saturated heterocycles. The maximum atomic E-state index is 15.9. The van der Waals surface area contributed by atoms with E-state index in [1.165, 1.54) is 34.7 Å². The van der Waals surface area contributed by atoms with Crippen LogP contribution in [0.3, 0.4) is 0 Å². The molecule has 1 fully saturated rings. The van der Waals surface area contributed by atoms with Crippen LogP contribution in [-0.2, 0) is 11.2 Å². The van der Waals surface area contributed by atoms with E-state index in [2.05, 4.69) is 26.5 Å². The van der Waals surface area contributed by atoms with Crippen LogP contribution in [-0.4, -0.2) is 67.2 Å². The molecule has 0 aliphatic carbocycles. The molecule has 5 heterocycles. The molecule has 13 heteroatoms. The molecule has 0 bridgehead atoms. The summed E-state index contributed by atoms with van der Waals surface area (Å²) in [5.74, 6) is -1.68. The number of rotatable bonds is 7. The Morgan fingerprint density at radius 3 is 2.58 bits per heavy atom. The van der Waals surface area contributed by atoms with Crippen molar-refractivity contribution >= 4 is 40.3 Å². The molecule has 1 atom stereocenters. The summed E-state index contributed by atoms with van der Waals surface area (Å²) in [6.45, 7) is 10.6. The number of nitrogens with two attached hydrogens (primary N) is 1. The third-order valence-corrected chi connectivity index (χ3v) is 8.13. The van der Waals surface area contributed by atoms with E-state index in [1.54, 1.807) is 17.2 Å². The normalized spacial score (nSPS) is 15.4. The summed E-state index contributed by atoms with van der Waals surface area (Å²) in [6.07, 6.45) is 6.55. The van der Waals surface area contributed by atoms with E-state index in [-0.39, 0.29) is 51.8 Å². The fourth-order valence-corrected chi connectivity index (χ4v) is 6.01. The lowest BCUT2D eigenvalue weighted by molar-refractivity contribution is -0.126. The number of carbonyl (C=O) groups is 1. The highest BCUT2D eigenvalue weighted by Gasteiger charge is 2.31. The van der Waals surface area contributed by atoms with Crippen molar-refractivity contribution < 1.29 is 13.6 Å². The van der Waals surface area contributed by atoms with E-state index < -0.39 is 17.3 Å². The molecular weight excluding hydrogens is 574 g/mol. The Bertz CT molecular complexity index is 1770. The predicted molar refractivity (Wildman–Crippen MR) is 164 cm³/mol. The first kappa shape index (κ1) is 30.1. The molecular formula is C30H32F2N8O2S. The van der Waals surface area contributed by atoms with E-state index in [1.807, 2.05) is 31.9 Å². The molecule has 0 aromatic carbocycles. The predicted octanol–water partition coefficient (Wildman–Crippen LogP) is 4.24. The maximum absolute atomic E-state index is 15.9. The van der Waals surface area contributed by atoms with Crippen molar-refractivity contribution in [2.75, 3.05) is 36.5 Å². The number of piperazine rings is 1. The Hall–Kier alpha value is -4.39. The summed E-state index contributed by atoms with van der Waals surface area (Å²) < 4.78 is 32.3. The number of hydrogen-bond acceptors (Lipinski definition) is 9. The van der Waals surface area contributed by atoms with Crippen LogP contribution < -0.4 is 16.3 Å². The van der Waals surface area contributed by atoms with Crippen LogP contribution in [0, 0.1) is 17.6 Å². The molecule has 2 N–H and O–H groups in total. The van der Waals surface area contributed by atoms with Gasteiger partial charge in [0.25, 0.3) is 0 Å². The van der Waals surface area contributed by atoms with Gasteiger partial charge in [0, 0.05) is 43.0 Å². The lowest BCUT2D eigenvalue weighted by Crippen LogP contribution is -2.54. The average Bonchev–Trinajstić information content (AvgIpc) is 2.97. The Morgan fingerprint density at radius 2 is 1.93 bits per heavy atom. The van der Waals surface area contributed by atoms with Gasteiger partial charge in [-0.25, -0.2) is 28.1 Å². The van der Waals surface area contributed by atoms with Crippen molar-refractivity contribution in [3.63, 3.8) is 0 Å².